The lowest BCUT2D eigenvalue weighted by Gasteiger charge is -2.38. The van der Waals surface area contributed by atoms with E-state index in [-0.39, 0.29) is 18.0 Å². The Kier molecular flexibility index (Phi) is 8.05. The summed E-state index contributed by atoms with van der Waals surface area (Å²) in [6.45, 7) is 8.94. The van der Waals surface area contributed by atoms with E-state index < -0.39 is 11.6 Å². The second-order valence-electron chi connectivity index (χ2n) is 10.6. The molecule has 3 aromatic carbocycles. The predicted molar refractivity (Wildman–Crippen MR) is 147 cm³/mol. The van der Waals surface area contributed by atoms with Crippen molar-refractivity contribution in [3.05, 3.63) is 101 Å². The molecule has 38 heavy (non-hydrogen) atoms. The van der Waals surface area contributed by atoms with Crippen LogP contribution in [0.25, 0.3) is 0 Å². The highest BCUT2D eigenvalue weighted by Gasteiger charge is 2.39. The number of benzene rings is 3. The Balaban J connectivity index is 1.24. The van der Waals surface area contributed by atoms with Crippen LogP contribution in [0, 0.1) is 25.5 Å². The van der Waals surface area contributed by atoms with E-state index in [1.54, 1.807) is 0 Å². The van der Waals surface area contributed by atoms with Gasteiger partial charge in [0.2, 0.25) is 5.91 Å². The summed E-state index contributed by atoms with van der Waals surface area (Å²) >= 11 is 0. The fourth-order valence-corrected chi connectivity index (χ4v) is 5.54. The molecule has 2 saturated heterocycles. The number of halogens is 2. The standard InChI is InChI=1S/C31H36F2N4O/c1-22-8-11-28(16-23(22)2)35-12-14-36(15-13-35)31(38)30-18-27(21-37(30)20-24-6-4-3-5-7-24)34-19-25-9-10-26(32)17-29(25)33/h3-11,16-17,27,30,34H,12-15,18-21H2,1-2H3/t27-,30-/m0/s1. The molecule has 2 aliphatic heterocycles. The zero-order valence-electron chi connectivity index (χ0n) is 22.2. The zero-order valence-corrected chi connectivity index (χ0v) is 22.2. The second-order valence-corrected chi connectivity index (χ2v) is 10.6. The van der Waals surface area contributed by atoms with Crippen LogP contribution in [0.4, 0.5) is 14.5 Å². The molecular formula is C31H36F2N4O. The molecule has 0 bridgehead atoms. The number of likely N-dealkylation sites (tertiary alicyclic amines) is 1. The molecule has 1 amide bonds. The third-order valence-corrected chi connectivity index (χ3v) is 7.96. The zero-order chi connectivity index (χ0) is 26.6. The van der Waals surface area contributed by atoms with Crippen LogP contribution in [-0.4, -0.2) is 60.5 Å². The number of hydrogen-bond acceptors (Lipinski definition) is 4. The molecule has 1 N–H and O–H groups in total. The molecule has 0 unspecified atom stereocenters. The summed E-state index contributed by atoms with van der Waals surface area (Å²) in [4.78, 5) is 20.4. The van der Waals surface area contributed by atoms with E-state index in [4.69, 9.17) is 0 Å². The Morgan fingerprint density at radius 1 is 0.921 bits per heavy atom. The normalized spacial score (nSPS) is 20.2. The summed E-state index contributed by atoms with van der Waals surface area (Å²) < 4.78 is 27.5. The number of aryl methyl sites for hydroxylation is 2. The number of nitrogens with one attached hydrogen (secondary N) is 1. The van der Waals surface area contributed by atoms with Gasteiger partial charge in [-0.2, -0.15) is 0 Å². The number of piperazine rings is 1. The summed E-state index contributed by atoms with van der Waals surface area (Å²) in [5.41, 5.74) is 5.37. The van der Waals surface area contributed by atoms with Gasteiger partial charge >= 0.3 is 0 Å². The molecule has 7 heteroatoms. The number of anilines is 1. The summed E-state index contributed by atoms with van der Waals surface area (Å²) in [5, 5.41) is 3.42. The summed E-state index contributed by atoms with van der Waals surface area (Å²) in [6.07, 6.45) is 0.659. The van der Waals surface area contributed by atoms with Crippen molar-refractivity contribution in [3.8, 4) is 0 Å². The van der Waals surface area contributed by atoms with Gasteiger partial charge in [0, 0.05) is 69.2 Å². The summed E-state index contributed by atoms with van der Waals surface area (Å²) in [6, 6.07) is 20.2. The number of hydrogen-bond donors (Lipinski definition) is 1. The molecule has 2 atom stereocenters. The minimum absolute atomic E-state index is 0.0361. The average Bonchev–Trinajstić information content (AvgIpc) is 3.32. The van der Waals surface area contributed by atoms with Gasteiger partial charge in [-0.1, -0.05) is 42.5 Å². The van der Waals surface area contributed by atoms with Crippen molar-refractivity contribution >= 4 is 11.6 Å². The SMILES string of the molecule is Cc1ccc(N2CCN(C(=O)[C@@H]3C[C@H](NCc4ccc(F)cc4F)CN3Cc3ccccc3)CC2)cc1C. The first-order chi connectivity index (χ1) is 18.4. The van der Waals surface area contributed by atoms with E-state index >= 15 is 0 Å². The number of nitrogens with zero attached hydrogens (tertiary/aromatic N) is 3. The minimum atomic E-state index is -0.579. The Hall–Kier alpha value is -3.29. The molecule has 2 heterocycles. The number of rotatable bonds is 7. The molecule has 2 fully saturated rings. The van der Waals surface area contributed by atoms with E-state index in [1.165, 1.54) is 28.9 Å². The molecule has 0 spiro atoms. The second kappa shape index (κ2) is 11.6. The molecule has 0 radical (unpaired) electrons. The van der Waals surface area contributed by atoms with Gasteiger partial charge in [-0.25, -0.2) is 8.78 Å². The molecule has 3 aromatic rings. The Morgan fingerprint density at radius 3 is 2.39 bits per heavy atom. The van der Waals surface area contributed by atoms with Crippen LogP contribution in [0.5, 0.6) is 0 Å². The van der Waals surface area contributed by atoms with E-state index in [2.05, 4.69) is 59.3 Å². The van der Waals surface area contributed by atoms with Gasteiger partial charge in [0.25, 0.3) is 0 Å². The van der Waals surface area contributed by atoms with Crippen molar-refractivity contribution in [2.75, 3.05) is 37.6 Å². The van der Waals surface area contributed by atoms with Crippen LogP contribution < -0.4 is 10.2 Å². The molecule has 5 nitrogen and oxygen atoms in total. The van der Waals surface area contributed by atoms with Gasteiger partial charge in [0.1, 0.15) is 11.6 Å². The fourth-order valence-electron chi connectivity index (χ4n) is 5.54. The Labute approximate surface area is 224 Å². The molecule has 2 aliphatic rings. The molecular weight excluding hydrogens is 482 g/mol. The monoisotopic (exact) mass is 518 g/mol. The van der Waals surface area contributed by atoms with Crippen molar-refractivity contribution in [3.63, 3.8) is 0 Å². The van der Waals surface area contributed by atoms with E-state index in [1.807, 2.05) is 23.1 Å². The smallest absolute Gasteiger partial charge is 0.240 e. The van der Waals surface area contributed by atoms with Crippen molar-refractivity contribution in [1.82, 2.24) is 15.1 Å². The maximum absolute atomic E-state index is 14.2. The fraction of sp³-hybridized carbons (Fsp3) is 0.387. The first kappa shape index (κ1) is 26.3. The Morgan fingerprint density at radius 2 is 1.68 bits per heavy atom. The molecule has 200 valence electrons. The first-order valence-corrected chi connectivity index (χ1v) is 13.4. The van der Waals surface area contributed by atoms with Crippen molar-refractivity contribution in [2.45, 2.75) is 45.4 Å². The summed E-state index contributed by atoms with van der Waals surface area (Å²) in [5.74, 6) is -0.965. The topological polar surface area (TPSA) is 38.8 Å². The van der Waals surface area contributed by atoms with Gasteiger partial charge in [0.05, 0.1) is 6.04 Å². The van der Waals surface area contributed by atoms with Crippen molar-refractivity contribution in [1.29, 1.82) is 0 Å². The van der Waals surface area contributed by atoms with Crippen LogP contribution in [0.1, 0.15) is 28.7 Å². The van der Waals surface area contributed by atoms with Gasteiger partial charge in [-0.15, -0.1) is 0 Å². The van der Waals surface area contributed by atoms with Crippen LogP contribution in [0.2, 0.25) is 0 Å². The minimum Gasteiger partial charge on any atom is -0.368 e. The maximum atomic E-state index is 14.2. The van der Waals surface area contributed by atoms with Crippen LogP contribution in [0.15, 0.2) is 66.7 Å². The molecule has 0 aliphatic carbocycles. The van der Waals surface area contributed by atoms with E-state index in [0.717, 1.165) is 24.7 Å². The summed E-state index contributed by atoms with van der Waals surface area (Å²) in [7, 11) is 0. The van der Waals surface area contributed by atoms with Crippen molar-refractivity contribution < 1.29 is 13.6 Å². The van der Waals surface area contributed by atoms with Crippen molar-refractivity contribution in [2.24, 2.45) is 0 Å². The predicted octanol–water partition coefficient (Wildman–Crippen LogP) is 4.66. The lowest BCUT2D eigenvalue weighted by molar-refractivity contribution is -0.136. The van der Waals surface area contributed by atoms with Gasteiger partial charge in [-0.3, -0.25) is 9.69 Å². The highest BCUT2D eigenvalue weighted by Crippen LogP contribution is 2.25. The number of carbonyl (C=O) groups is 1. The number of carbonyl (C=O) groups excluding carboxylic acids is 1. The lowest BCUT2D eigenvalue weighted by Crippen LogP contribution is -2.53. The maximum Gasteiger partial charge on any atom is 0.240 e. The van der Waals surface area contributed by atoms with Gasteiger partial charge in [-0.05, 0) is 55.2 Å². The lowest BCUT2D eigenvalue weighted by atomic mass is 10.1. The van der Waals surface area contributed by atoms with Gasteiger partial charge in [0.15, 0.2) is 0 Å². The molecule has 5 rings (SSSR count). The van der Waals surface area contributed by atoms with Crippen LogP contribution in [-0.2, 0) is 17.9 Å². The largest absolute Gasteiger partial charge is 0.368 e. The van der Waals surface area contributed by atoms with Crippen LogP contribution >= 0.6 is 0 Å². The van der Waals surface area contributed by atoms with E-state index in [0.29, 0.717) is 44.7 Å². The highest BCUT2D eigenvalue weighted by atomic mass is 19.1. The van der Waals surface area contributed by atoms with E-state index in [9.17, 15) is 13.6 Å². The first-order valence-electron chi connectivity index (χ1n) is 13.4. The third-order valence-electron chi connectivity index (χ3n) is 7.96. The quantitative estimate of drug-likeness (QED) is 0.494. The average molecular weight is 519 g/mol. The third kappa shape index (κ3) is 6.05. The molecule has 0 saturated carbocycles. The number of amides is 1. The Bertz CT molecular complexity index is 1260. The van der Waals surface area contributed by atoms with Gasteiger partial charge < -0.3 is 15.1 Å². The van der Waals surface area contributed by atoms with Crippen LogP contribution in [0.3, 0.4) is 0 Å². The molecule has 0 aromatic heterocycles. The highest BCUT2D eigenvalue weighted by molar-refractivity contribution is 5.82.